The van der Waals surface area contributed by atoms with Crippen LogP contribution in [0, 0.1) is 0 Å². The van der Waals surface area contributed by atoms with Gasteiger partial charge in [-0.25, -0.2) is 14.5 Å². The molecular formula is C13H15N5O. The highest BCUT2D eigenvalue weighted by Gasteiger charge is 2.09. The molecule has 19 heavy (non-hydrogen) atoms. The predicted molar refractivity (Wildman–Crippen MR) is 71.1 cm³/mol. The molecule has 0 fully saturated rings. The molecule has 3 heterocycles. The number of imidazole rings is 1. The van der Waals surface area contributed by atoms with Crippen molar-refractivity contribution in [3.05, 3.63) is 53.1 Å². The number of aromatic nitrogens is 5. The van der Waals surface area contributed by atoms with Crippen LogP contribution in [0.5, 0.6) is 0 Å². The second-order valence-electron chi connectivity index (χ2n) is 4.45. The van der Waals surface area contributed by atoms with Crippen LogP contribution in [0.25, 0.3) is 5.65 Å². The number of aryl methyl sites for hydroxylation is 1. The lowest BCUT2D eigenvalue weighted by Gasteiger charge is -2.05. The molecule has 0 aliphatic heterocycles. The van der Waals surface area contributed by atoms with Crippen molar-refractivity contribution in [3.63, 3.8) is 0 Å². The van der Waals surface area contributed by atoms with E-state index in [1.165, 1.54) is 4.68 Å². The van der Waals surface area contributed by atoms with Crippen molar-refractivity contribution in [1.29, 1.82) is 0 Å². The summed E-state index contributed by atoms with van der Waals surface area (Å²) < 4.78 is 5.06. The SMILES string of the molecule is CCCn1cncc1Cn1nc2ccccn2c1=O. The summed E-state index contributed by atoms with van der Waals surface area (Å²) in [5, 5.41) is 4.31. The maximum Gasteiger partial charge on any atom is 0.350 e. The summed E-state index contributed by atoms with van der Waals surface area (Å²) in [7, 11) is 0. The van der Waals surface area contributed by atoms with Crippen LogP contribution in [0.4, 0.5) is 0 Å². The minimum atomic E-state index is -0.125. The van der Waals surface area contributed by atoms with Crippen LogP contribution in [0.1, 0.15) is 19.0 Å². The topological polar surface area (TPSA) is 57.1 Å². The molecule has 0 bridgehead atoms. The third-order valence-corrected chi connectivity index (χ3v) is 3.06. The number of fused-ring (bicyclic) bond motifs is 1. The third kappa shape index (κ3) is 2.05. The first-order valence-corrected chi connectivity index (χ1v) is 6.33. The van der Waals surface area contributed by atoms with Gasteiger partial charge in [0, 0.05) is 12.7 Å². The molecule has 3 rings (SSSR count). The van der Waals surface area contributed by atoms with Gasteiger partial charge in [-0.05, 0) is 18.6 Å². The van der Waals surface area contributed by atoms with Gasteiger partial charge in [-0.3, -0.25) is 4.40 Å². The van der Waals surface area contributed by atoms with Crippen LogP contribution in [-0.4, -0.2) is 23.7 Å². The molecule has 0 saturated heterocycles. The highest BCUT2D eigenvalue weighted by atomic mass is 16.2. The van der Waals surface area contributed by atoms with Crippen LogP contribution < -0.4 is 5.69 Å². The Morgan fingerprint density at radius 2 is 2.21 bits per heavy atom. The quantitative estimate of drug-likeness (QED) is 0.704. The first-order valence-electron chi connectivity index (χ1n) is 6.33. The summed E-state index contributed by atoms with van der Waals surface area (Å²) in [4.78, 5) is 16.3. The molecule has 0 aliphatic carbocycles. The zero-order valence-corrected chi connectivity index (χ0v) is 10.7. The van der Waals surface area contributed by atoms with Gasteiger partial charge in [0.05, 0.1) is 24.8 Å². The minimum Gasteiger partial charge on any atom is -0.333 e. The van der Waals surface area contributed by atoms with Gasteiger partial charge in [0.1, 0.15) is 0 Å². The Bertz CT molecular complexity index is 752. The molecule has 0 amide bonds. The molecule has 0 atom stereocenters. The molecule has 0 spiro atoms. The van der Waals surface area contributed by atoms with E-state index in [2.05, 4.69) is 21.6 Å². The number of pyridine rings is 1. The molecule has 6 heteroatoms. The van der Waals surface area contributed by atoms with Crippen molar-refractivity contribution in [1.82, 2.24) is 23.7 Å². The van der Waals surface area contributed by atoms with Gasteiger partial charge in [-0.1, -0.05) is 13.0 Å². The molecule has 0 N–H and O–H groups in total. The molecule has 0 unspecified atom stereocenters. The van der Waals surface area contributed by atoms with Gasteiger partial charge < -0.3 is 4.57 Å². The van der Waals surface area contributed by atoms with E-state index in [4.69, 9.17) is 0 Å². The Labute approximate surface area is 109 Å². The van der Waals surface area contributed by atoms with E-state index in [0.29, 0.717) is 12.2 Å². The summed E-state index contributed by atoms with van der Waals surface area (Å²) in [6.45, 7) is 3.46. The molecule has 3 aromatic rings. The van der Waals surface area contributed by atoms with Crippen LogP contribution >= 0.6 is 0 Å². The van der Waals surface area contributed by atoms with Gasteiger partial charge in [0.2, 0.25) is 0 Å². The monoisotopic (exact) mass is 257 g/mol. The maximum atomic E-state index is 12.2. The van der Waals surface area contributed by atoms with Crippen LogP contribution in [-0.2, 0) is 13.1 Å². The standard InChI is InChI=1S/C13H15N5O/c1-2-6-16-10-14-8-11(16)9-18-13(19)17-7-4-3-5-12(17)15-18/h3-5,7-8,10H,2,6,9H2,1H3. The molecule has 98 valence electrons. The van der Waals surface area contributed by atoms with Crippen molar-refractivity contribution < 1.29 is 0 Å². The zero-order valence-electron chi connectivity index (χ0n) is 10.7. The highest BCUT2D eigenvalue weighted by Crippen LogP contribution is 2.03. The van der Waals surface area contributed by atoms with Gasteiger partial charge >= 0.3 is 5.69 Å². The summed E-state index contributed by atoms with van der Waals surface area (Å²) in [5.41, 5.74) is 1.53. The molecule has 3 aromatic heterocycles. The second kappa shape index (κ2) is 4.72. The van der Waals surface area contributed by atoms with E-state index in [-0.39, 0.29) is 5.69 Å². The van der Waals surface area contributed by atoms with E-state index in [1.54, 1.807) is 23.1 Å². The molecule has 0 aromatic carbocycles. The highest BCUT2D eigenvalue weighted by molar-refractivity contribution is 5.35. The Balaban J connectivity index is 1.99. The number of nitrogens with zero attached hydrogens (tertiary/aromatic N) is 5. The van der Waals surface area contributed by atoms with E-state index in [0.717, 1.165) is 18.7 Å². The molecular weight excluding hydrogens is 242 g/mol. The molecule has 0 aliphatic rings. The van der Waals surface area contributed by atoms with Gasteiger partial charge in [-0.15, -0.1) is 5.10 Å². The van der Waals surface area contributed by atoms with Crippen molar-refractivity contribution >= 4 is 5.65 Å². The normalized spacial score (nSPS) is 11.2. The fourth-order valence-electron chi connectivity index (χ4n) is 2.15. The third-order valence-electron chi connectivity index (χ3n) is 3.06. The van der Waals surface area contributed by atoms with E-state index >= 15 is 0 Å². The van der Waals surface area contributed by atoms with Crippen molar-refractivity contribution in [2.24, 2.45) is 0 Å². The van der Waals surface area contributed by atoms with Gasteiger partial charge in [0.15, 0.2) is 5.65 Å². The fraction of sp³-hybridized carbons (Fsp3) is 0.308. The lowest BCUT2D eigenvalue weighted by Crippen LogP contribution is -2.22. The van der Waals surface area contributed by atoms with Crippen LogP contribution in [0.2, 0.25) is 0 Å². The first-order chi connectivity index (χ1) is 9.29. The maximum absolute atomic E-state index is 12.2. The minimum absolute atomic E-state index is 0.125. The first kappa shape index (κ1) is 11.7. The molecule has 6 nitrogen and oxygen atoms in total. The fourth-order valence-corrected chi connectivity index (χ4v) is 2.15. The number of hydrogen-bond acceptors (Lipinski definition) is 3. The van der Waals surface area contributed by atoms with E-state index in [1.807, 2.05) is 18.2 Å². The molecule has 0 radical (unpaired) electrons. The van der Waals surface area contributed by atoms with Crippen molar-refractivity contribution in [3.8, 4) is 0 Å². The van der Waals surface area contributed by atoms with Crippen molar-refractivity contribution in [2.45, 2.75) is 26.4 Å². The lowest BCUT2D eigenvalue weighted by molar-refractivity contribution is 0.585. The second-order valence-corrected chi connectivity index (χ2v) is 4.45. The summed E-state index contributed by atoms with van der Waals surface area (Å²) in [5.74, 6) is 0. The zero-order chi connectivity index (χ0) is 13.2. The van der Waals surface area contributed by atoms with E-state index in [9.17, 15) is 4.79 Å². The lowest BCUT2D eigenvalue weighted by atomic mass is 10.4. The van der Waals surface area contributed by atoms with Crippen LogP contribution in [0.3, 0.4) is 0 Å². The summed E-state index contributed by atoms with van der Waals surface area (Å²) in [6.07, 6.45) is 6.33. The molecule has 0 saturated carbocycles. The van der Waals surface area contributed by atoms with Crippen LogP contribution in [0.15, 0.2) is 41.7 Å². The van der Waals surface area contributed by atoms with Crippen molar-refractivity contribution in [2.75, 3.05) is 0 Å². The van der Waals surface area contributed by atoms with E-state index < -0.39 is 0 Å². The average Bonchev–Trinajstić information content (AvgIpc) is 2.98. The number of hydrogen-bond donors (Lipinski definition) is 0. The smallest absolute Gasteiger partial charge is 0.333 e. The largest absolute Gasteiger partial charge is 0.350 e. The predicted octanol–water partition coefficient (Wildman–Crippen LogP) is 1.15. The summed E-state index contributed by atoms with van der Waals surface area (Å²) >= 11 is 0. The van der Waals surface area contributed by atoms with Gasteiger partial charge in [0.25, 0.3) is 0 Å². The Morgan fingerprint density at radius 3 is 3.00 bits per heavy atom. The Morgan fingerprint density at radius 1 is 1.32 bits per heavy atom. The van der Waals surface area contributed by atoms with Gasteiger partial charge in [-0.2, -0.15) is 0 Å². The number of rotatable bonds is 4. The Hall–Kier alpha value is -2.37. The Kier molecular flexibility index (Phi) is 2.91. The average molecular weight is 257 g/mol. The summed E-state index contributed by atoms with van der Waals surface area (Å²) in [6, 6.07) is 5.51.